The van der Waals surface area contributed by atoms with E-state index in [2.05, 4.69) is 59.7 Å². The topological polar surface area (TPSA) is 18.5 Å². The molecule has 2 aromatic rings. The summed E-state index contributed by atoms with van der Waals surface area (Å²) < 4.78 is 26.4. The Morgan fingerprint density at radius 1 is 1.04 bits per heavy atom. The fourth-order valence-electron chi connectivity index (χ4n) is 4.66. The van der Waals surface area contributed by atoms with Gasteiger partial charge in [0.1, 0.15) is 6.10 Å². The van der Waals surface area contributed by atoms with Crippen LogP contribution >= 0.6 is 0 Å². The summed E-state index contributed by atoms with van der Waals surface area (Å²) in [6, 6.07) is 12.0. The van der Waals surface area contributed by atoms with E-state index in [9.17, 15) is 4.39 Å². The molecule has 0 N–H and O–H groups in total. The zero-order valence-corrected chi connectivity index (χ0v) is 17.8. The van der Waals surface area contributed by atoms with Gasteiger partial charge in [0, 0.05) is 17.4 Å². The molecule has 4 rings (SSSR count). The van der Waals surface area contributed by atoms with Crippen LogP contribution in [0.4, 0.5) is 4.39 Å². The highest BCUT2D eigenvalue weighted by atomic mass is 19.1. The molecule has 2 heterocycles. The van der Waals surface area contributed by atoms with E-state index in [1.54, 1.807) is 6.07 Å². The molecule has 0 saturated heterocycles. The second kappa shape index (κ2) is 6.59. The first-order chi connectivity index (χ1) is 13.1. The van der Waals surface area contributed by atoms with Crippen molar-refractivity contribution in [1.82, 2.24) is 0 Å². The molecule has 2 nitrogen and oxygen atoms in total. The summed E-state index contributed by atoms with van der Waals surface area (Å²) in [5.41, 5.74) is 4.82. The van der Waals surface area contributed by atoms with E-state index in [4.69, 9.17) is 9.47 Å². The summed E-state index contributed by atoms with van der Waals surface area (Å²) >= 11 is 0. The molecule has 2 aliphatic rings. The maximum absolute atomic E-state index is 14.1. The Morgan fingerprint density at radius 3 is 2.46 bits per heavy atom. The van der Waals surface area contributed by atoms with Crippen molar-refractivity contribution in [3.8, 4) is 5.75 Å². The Bertz CT molecular complexity index is 894. The molecule has 3 heteroatoms. The molecule has 0 radical (unpaired) electrons. The Labute approximate surface area is 168 Å². The zero-order chi connectivity index (χ0) is 20.3. The van der Waals surface area contributed by atoms with E-state index >= 15 is 0 Å². The standard InChI is InChI=1S/C25H31FO2/c1-15-18-11-10-16(12-19(18)23(27-15)24(2,3)4)14-25(5,6)21-13-17-8-7-9-20(26)22(17)28-21/h7-12,15,21,23H,13-14H2,1-6H3. The van der Waals surface area contributed by atoms with Gasteiger partial charge >= 0.3 is 0 Å². The molecular weight excluding hydrogens is 351 g/mol. The summed E-state index contributed by atoms with van der Waals surface area (Å²) in [4.78, 5) is 0. The maximum Gasteiger partial charge on any atom is 0.165 e. The first-order valence-electron chi connectivity index (χ1n) is 10.3. The number of halogens is 1. The van der Waals surface area contributed by atoms with Crippen molar-refractivity contribution in [3.63, 3.8) is 0 Å². The smallest absolute Gasteiger partial charge is 0.165 e. The third-order valence-corrected chi connectivity index (χ3v) is 6.24. The van der Waals surface area contributed by atoms with E-state index in [0.29, 0.717) is 5.75 Å². The van der Waals surface area contributed by atoms with Crippen molar-refractivity contribution in [1.29, 1.82) is 0 Å². The number of para-hydroxylation sites is 1. The number of hydrogen-bond donors (Lipinski definition) is 0. The molecule has 0 bridgehead atoms. The monoisotopic (exact) mass is 382 g/mol. The lowest BCUT2D eigenvalue weighted by Crippen LogP contribution is -2.35. The van der Waals surface area contributed by atoms with E-state index in [-0.39, 0.29) is 35.0 Å². The number of hydrogen-bond acceptors (Lipinski definition) is 2. The summed E-state index contributed by atoms with van der Waals surface area (Å²) in [5.74, 6) is 0.178. The molecule has 0 spiro atoms. The van der Waals surface area contributed by atoms with Crippen molar-refractivity contribution in [3.05, 3.63) is 64.5 Å². The number of rotatable bonds is 3. The highest BCUT2D eigenvalue weighted by Gasteiger charge is 2.40. The summed E-state index contributed by atoms with van der Waals surface area (Å²) in [7, 11) is 0. The lowest BCUT2D eigenvalue weighted by Gasteiger charge is -2.32. The van der Waals surface area contributed by atoms with Crippen molar-refractivity contribution < 1.29 is 13.9 Å². The van der Waals surface area contributed by atoms with Crippen LogP contribution in [-0.4, -0.2) is 6.10 Å². The second-order valence-electron chi connectivity index (χ2n) is 10.2. The first-order valence-corrected chi connectivity index (χ1v) is 10.3. The van der Waals surface area contributed by atoms with Crippen LogP contribution in [0.15, 0.2) is 36.4 Å². The fourth-order valence-corrected chi connectivity index (χ4v) is 4.66. The van der Waals surface area contributed by atoms with Crippen LogP contribution in [0.5, 0.6) is 5.75 Å². The van der Waals surface area contributed by atoms with Gasteiger partial charge in [-0.15, -0.1) is 0 Å². The zero-order valence-electron chi connectivity index (χ0n) is 17.8. The minimum atomic E-state index is -0.257. The van der Waals surface area contributed by atoms with E-state index < -0.39 is 0 Å². The minimum Gasteiger partial charge on any atom is -0.486 e. The lowest BCUT2D eigenvalue weighted by molar-refractivity contribution is -0.0396. The number of ether oxygens (including phenoxy) is 2. The molecule has 0 aliphatic carbocycles. The summed E-state index contributed by atoms with van der Waals surface area (Å²) in [5, 5.41) is 0. The van der Waals surface area contributed by atoms with E-state index in [0.717, 1.165) is 18.4 Å². The molecule has 150 valence electrons. The lowest BCUT2D eigenvalue weighted by atomic mass is 9.77. The summed E-state index contributed by atoms with van der Waals surface area (Å²) in [6.07, 6.45) is 1.86. The molecule has 2 aromatic carbocycles. The molecule has 0 fully saturated rings. The van der Waals surface area contributed by atoms with Gasteiger partial charge in [0.25, 0.3) is 0 Å². The molecule has 0 aromatic heterocycles. The van der Waals surface area contributed by atoms with Gasteiger partial charge in [-0.1, -0.05) is 65.0 Å². The van der Waals surface area contributed by atoms with Gasteiger partial charge in [-0.25, -0.2) is 4.39 Å². The Hall–Kier alpha value is -1.87. The third kappa shape index (κ3) is 3.34. The third-order valence-electron chi connectivity index (χ3n) is 6.24. The number of benzene rings is 2. The van der Waals surface area contributed by atoms with E-state index in [1.807, 2.05) is 6.07 Å². The largest absolute Gasteiger partial charge is 0.486 e. The first kappa shape index (κ1) is 19.4. The molecule has 3 unspecified atom stereocenters. The normalized spacial score (nSPS) is 24.0. The van der Waals surface area contributed by atoms with Crippen LogP contribution in [-0.2, 0) is 17.6 Å². The minimum absolute atomic E-state index is 0.0266. The van der Waals surface area contributed by atoms with Crippen molar-refractivity contribution in [2.24, 2.45) is 10.8 Å². The van der Waals surface area contributed by atoms with Gasteiger partial charge in [0.2, 0.25) is 0 Å². The molecular formula is C25H31FO2. The predicted molar refractivity (Wildman–Crippen MR) is 110 cm³/mol. The average Bonchev–Trinajstić information content (AvgIpc) is 3.17. The highest BCUT2D eigenvalue weighted by Crippen LogP contribution is 2.48. The van der Waals surface area contributed by atoms with E-state index in [1.165, 1.54) is 22.8 Å². The van der Waals surface area contributed by atoms with Crippen LogP contribution in [0.25, 0.3) is 0 Å². The predicted octanol–water partition coefficient (Wildman–Crippen LogP) is 6.58. The van der Waals surface area contributed by atoms with Gasteiger partial charge in [-0.3, -0.25) is 0 Å². The molecule has 28 heavy (non-hydrogen) atoms. The SMILES string of the molecule is CC1OC(C(C)(C)C)c2cc(CC(C)(C)C3Cc4cccc(F)c4O3)ccc21. The number of fused-ring (bicyclic) bond motifs is 2. The average molecular weight is 383 g/mol. The van der Waals surface area contributed by atoms with Crippen LogP contribution < -0.4 is 4.74 Å². The van der Waals surface area contributed by atoms with Crippen LogP contribution in [0.3, 0.4) is 0 Å². The van der Waals surface area contributed by atoms with Crippen molar-refractivity contribution in [2.45, 2.75) is 72.7 Å². The van der Waals surface area contributed by atoms with Crippen LogP contribution in [0.1, 0.15) is 76.0 Å². The Balaban J connectivity index is 1.57. The van der Waals surface area contributed by atoms with Gasteiger partial charge < -0.3 is 9.47 Å². The van der Waals surface area contributed by atoms with Crippen LogP contribution in [0, 0.1) is 16.6 Å². The maximum atomic E-state index is 14.1. The molecule has 3 atom stereocenters. The molecule has 0 saturated carbocycles. The fraction of sp³-hybridized carbons (Fsp3) is 0.520. The van der Waals surface area contributed by atoms with Gasteiger partial charge in [-0.05, 0) is 41.5 Å². The summed E-state index contributed by atoms with van der Waals surface area (Å²) in [6.45, 7) is 13.3. The van der Waals surface area contributed by atoms with Gasteiger partial charge in [0.15, 0.2) is 11.6 Å². The molecule has 0 amide bonds. The van der Waals surface area contributed by atoms with Gasteiger partial charge in [0.05, 0.1) is 12.2 Å². The quantitative estimate of drug-likeness (QED) is 0.597. The van der Waals surface area contributed by atoms with Gasteiger partial charge in [-0.2, -0.15) is 0 Å². The second-order valence-corrected chi connectivity index (χ2v) is 10.2. The van der Waals surface area contributed by atoms with Crippen LogP contribution in [0.2, 0.25) is 0 Å². The van der Waals surface area contributed by atoms with Crippen molar-refractivity contribution in [2.75, 3.05) is 0 Å². The Kier molecular flexibility index (Phi) is 4.58. The highest BCUT2D eigenvalue weighted by molar-refractivity contribution is 5.41. The molecule has 2 aliphatic heterocycles. The van der Waals surface area contributed by atoms with Crippen molar-refractivity contribution >= 4 is 0 Å². The Morgan fingerprint density at radius 2 is 1.79 bits per heavy atom.